The Morgan fingerprint density at radius 2 is 2.08 bits per heavy atom. The highest BCUT2D eigenvalue weighted by Gasteiger charge is 2.54. The van der Waals surface area contributed by atoms with Crippen molar-refractivity contribution in [2.75, 3.05) is 26.3 Å². The summed E-state index contributed by atoms with van der Waals surface area (Å²) in [5.74, 6) is 0.523. The van der Waals surface area contributed by atoms with E-state index in [4.69, 9.17) is 9.88 Å². The van der Waals surface area contributed by atoms with Crippen LogP contribution in [0.3, 0.4) is 0 Å². The van der Waals surface area contributed by atoms with Crippen LogP contribution < -0.4 is 9.88 Å². The Morgan fingerprint density at radius 3 is 2.76 bits per heavy atom. The van der Waals surface area contributed by atoms with Gasteiger partial charge < -0.3 is 9.47 Å². The maximum absolute atomic E-state index is 12.2. The zero-order valence-corrected chi connectivity index (χ0v) is 14.6. The summed E-state index contributed by atoms with van der Waals surface area (Å²) in [5, 5.41) is 5.59. The molecule has 2 N–H and O–H groups in total. The van der Waals surface area contributed by atoms with Crippen molar-refractivity contribution < 1.29 is 22.6 Å². The SMILES string of the molecule is NSN1CCC2(CC1)CC2COCc1cccc(OCC(F)(F)F)n1. The van der Waals surface area contributed by atoms with Crippen LogP contribution in [0, 0.1) is 11.3 Å². The molecular weight excluding hydrogens is 355 g/mol. The second kappa shape index (κ2) is 7.69. The summed E-state index contributed by atoms with van der Waals surface area (Å²) < 4.78 is 49.1. The number of rotatable bonds is 7. The van der Waals surface area contributed by atoms with Gasteiger partial charge in [0.05, 0.1) is 18.9 Å². The summed E-state index contributed by atoms with van der Waals surface area (Å²) in [6.07, 6.45) is -0.904. The molecule has 9 heteroatoms. The van der Waals surface area contributed by atoms with Gasteiger partial charge in [0.2, 0.25) is 5.88 Å². The highest BCUT2D eigenvalue weighted by atomic mass is 32.2. The zero-order chi connectivity index (χ0) is 17.9. The molecule has 1 aromatic heterocycles. The first-order valence-electron chi connectivity index (χ1n) is 8.25. The molecule has 1 unspecified atom stereocenters. The van der Waals surface area contributed by atoms with Gasteiger partial charge in [0.15, 0.2) is 6.61 Å². The molecule has 5 nitrogen and oxygen atoms in total. The Kier molecular flexibility index (Phi) is 5.77. The second-order valence-corrected chi connectivity index (χ2v) is 7.41. The first kappa shape index (κ1) is 18.8. The van der Waals surface area contributed by atoms with Gasteiger partial charge in [-0.3, -0.25) is 5.14 Å². The molecule has 1 saturated heterocycles. The molecule has 1 saturated carbocycles. The molecule has 2 fully saturated rings. The van der Waals surface area contributed by atoms with Crippen LogP contribution in [0.5, 0.6) is 5.88 Å². The summed E-state index contributed by atoms with van der Waals surface area (Å²) >= 11 is 1.31. The molecule has 0 radical (unpaired) electrons. The largest absolute Gasteiger partial charge is 0.468 e. The number of halogens is 3. The maximum atomic E-state index is 12.2. The molecule has 2 aliphatic rings. The van der Waals surface area contributed by atoms with Crippen LogP contribution >= 0.6 is 12.1 Å². The highest BCUT2D eigenvalue weighted by molar-refractivity contribution is 7.94. The van der Waals surface area contributed by atoms with Crippen molar-refractivity contribution in [3.63, 3.8) is 0 Å². The summed E-state index contributed by atoms with van der Waals surface area (Å²) in [7, 11) is 0. The minimum atomic E-state index is -4.37. The van der Waals surface area contributed by atoms with Crippen LogP contribution in [0.4, 0.5) is 13.2 Å². The molecular formula is C16H22F3N3O2S. The van der Waals surface area contributed by atoms with E-state index < -0.39 is 12.8 Å². The minimum absolute atomic E-state index is 0.0343. The smallest absolute Gasteiger partial charge is 0.422 e. The number of piperidine rings is 1. The van der Waals surface area contributed by atoms with Crippen molar-refractivity contribution in [3.05, 3.63) is 23.9 Å². The van der Waals surface area contributed by atoms with Gasteiger partial charge in [0.1, 0.15) is 0 Å². The summed E-state index contributed by atoms with van der Waals surface area (Å²) in [5.41, 5.74) is 0.973. The van der Waals surface area contributed by atoms with Gasteiger partial charge in [-0.2, -0.15) is 13.2 Å². The Bertz CT molecular complexity index is 580. The van der Waals surface area contributed by atoms with Crippen LogP contribution in [0.15, 0.2) is 18.2 Å². The molecule has 3 rings (SSSR count). The third-order valence-corrected chi connectivity index (χ3v) is 5.62. The standard InChI is InChI=1S/C16H22F3N3O2S/c17-16(18,19)11-24-14-3-1-2-13(21-14)10-23-9-12-8-15(12)4-6-22(25-20)7-5-15/h1-3,12H,4-11,20H2. The zero-order valence-electron chi connectivity index (χ0n) is 13.8. The lowest BCUT2D eigenvalue weighted by atomic mass is 9.92. The Labute approximate surface area is 149 Å². The number of pyridine rings is 1. The third kappa shape index (κ3) is 5.22. The Balaban J connectivity index is 1.40. The molecule has 0 bridgehead atoms. The van der Waals surface area contributed by atoms with Gasteiger partial charge in [-0.1, -0.05) is 6.07 Å². The van der Waals surface area contributed by atoms with E-state index in [0.29, 0.717) is 23.6 Å². The number of hydrogen-bond acceptors (Lipinski definition) is 6. The fourth-order valence-corrected chi connectivity index (χ4v) is 3.79. The normalized spacial score (nSPS) is 23.0. The van der Waals surface area contributed by atoms with E-state index in [9.17, 15) is 13.2 Å². The molecule has 25 heavy (non-hydrogen) atoms. The average Bonchev–Trinajstić information content (AvgIpc) is 3.25. The fraction of sp³-hybridized carbons (Fsp3) is 0.688. The van der Waals surface area contributed by atoms with Crippen LogP contribution in [0.1, 0.15) is 25.0 Å². The van der Waals surface area contributed by atoms with E-state index in [1.807, 2.05) is 0 Å². The van der Waals surface area contributed by atoms with Gasteiger partial charge in [0.25, 0.3) is 0 Å². The van der Waals surface area contributed by atoms with Gasteiger partial charge >= 0.3 is 6.18 Å². The lowest BCUT2D eigenvalue weighted by molar-refractivity contribution is -0.154. The lowest BCUT2D eigenvalue weighted by Crippen LogP contribution is -2.31. The van der Waals surface area contributed by atoms with Crippen molar-refractivity contribution >= 4 is 12.1 Å². The molecule has 1 aliphatic heterocycles. The predicted octanol–water partition coefficient (Wildman–Crippen LogP) is 3.16. The molecule has 0 amide bonds. The van der Waals surface area contributed by atoms with Gasteiger partial charge in [-0.25, -0.2) is 9.29 Å². The topological polar surface area (TPSA) is 60.6 Å². The molecule has 1 aromatic rings. The van der Waals surface area contributed by atoms with Crippen molar-refractivity contribution in [2.24, 2.45) is 16.5 Å². The van der Waals surface area contributed by atoms with Gasteiger partial charge in [-0.15, -0.1) is 0 Å². The predicted molar refractivity (Wildman–Crippen MR) is 88.6 cm³/mol. The average molecular weight is 377 g/mol. The maximum Gasteiger partial charge on any atom is 0.422 e. The fourth-order valence-electron chi connectivity index (χ4n) is 3.40. The molecule has 0 aromatic carbocycles. The second-order valence-electron chi connectivity index (χ2n) is 6.68. The number of hydrogen-bond donors (Lipinski definition) is 1. The highest BCUT2D eigenvalue weighted by Crippen LogP contribution is 2.59. The number of alkyl halides is 3. The van der Waals surface area contributed by atoms with Gasteiger partial charge in [-0.05, 0) is 36.7 Å². The van der Waals surface area contributed by atoms with E-state index in [1.54, 1.807) is 12.1 Å². The summed E-state index contributed by atoms with van der Waals surface area (Å²) in [6.45, 7) is 1.62. The van der Waals surface area contributed by atoms with E-state index in [1.165, 1.54) is 24.6 Å². The van der Waals surface area contributed by atoms with Crippen molar-refractivity contribution in [1.82, 2.24) is 9.29 Å². The van der Waals surface area contributed by atoms with Crippen molar-refractivity contribution in [1.29, 1.82) is 0 Å². The first-order valence-corrected chi connectivity index (χ1v) is 9.09. The minimum Gasteiger partial charge on any atom is -0.468 e. The molecule has 1 atom stereocenters. The van der Waals surface area contributed by atoms with Crippen molar-refractivity contribution in [3.8, 4) is 5.88 Å². The van der Waals surface area contributed by atoms with Crippen LogP contribution in [0.2, 0.25) is 0 Å². The Morgan fingerprint density at radius 1 is 1.32 bits per heavy atom. The molecule has 1 spiro atoms. The van der Waals surface area contributed by atoms with Crippen LogP contribution in [0.25, 0.3) is 0 Å². The molecule has 1 aliphatic carbocycles. The summed E-state index contributed by atoms with van der Waals surface area (Å²) in [4.78, 5) is 4.05. The quantitative estimate of drug-likeness (QED) is 0.737. The van der Waals surface area contributed by atoms with Crippen LogP contribution in [-0.4, -0.2) is 41.8 Å². The van der Waals surface area contributed by atoms with E-state index in [-0.39, 0.29) is 12.5 Å². The van der Waals surface area contributed by atoms with E-state index >= 15 is 0 Å². The molecule has 2 heterocycles. The number of aromatic nitrogens is 1. The number of nitrogens with two attached hydrogens (primary N) is 1. The first-order chi connectivity index (χ1) is 11.9. The third-order valence-electron chi connectivity index (χ3n) is 4.96. The van der Waals surface area contributed by atoms with Gasteiger partial charge in [0, 0.05) is 31.3 Å². The molecule has 140 valence electrons. The monoisotopic (exact) mass is 377 g/mol. The lowest BCUT2D eigenvalue weighted by Gasteiger charge is -2.30. The van der Waals surface area contributed by atoms with Crippen LogP contribution in [-0.2, 0) is 11.3 Å². The van der Waals surface area contributed by atoms with Crippen molar-refractivity contribution in [2.45, 2.75) is 32.0 Å². The number of nitrogens with zero attached hydrogens (tertiary/aromatic N) is 2. The number of ether oxygens (including phenoxy) is 2. The van der Waals surface area contributed by atoms with E-state index in [0.717, 1.165) is 25.9 Å². The summed E-state index contributed by atoms with van der Waals surface area (Å²) in [6, 6.07) is 4.75. The Hall–Kier alpha value is -1.03. The van der Waals surface area contributed by atoms with E-state index in [2.05, 4.69) is 14.0 Å².